The zero-order chi connectivity index (χ0) is 73.5. The molecule has 8 aromatic heterocycles. The molecule has 0 saturated heterocycles. The van der Waals surface area contributed by atoms with Gasteiger partial charge in [0.1, 0.15) is 22.3 Å². The summed E-state index contributed by atoms with van der Waals surface area (Å²) in [5, 5.41) is 20.0. The van der Waals surface area contributed by atoms with E-state index < -0.39 is 0 Å². The lowest BCUT2D eigenvalue weighted by Crippen LogP contribution is -2.02. The second-order valence-corrected chi connectivity index (χ2v) is 30.4. The van der Waals surface area contributed by atoms with Crippen molar-refractivity contribution in [2.45, 2.75) is 0 Å². The topological polar surface area (TPSA) is 129 Å². The predicted molar refractivity (Wildman–Crippen MR) is 464 cm³/mol. The van der Waals surface area contributed by atoms with Crippen LogP contribution in [0.5, 0.6) is 0 Å². The van der Waals surface area contributed by atoms with Crippen LogP contribution in [0.3, 0.4) is 0 Å². The van der Waals surface area contributed by atoms with E-state index in [0.29, 0.717) is 34.9 Å². The van der Waals surface area contributed by atoms with Crippen LogP contribution in [0.2, 0.25) is 0 Å². The molecule has 112 heavy (non-hydrogen) atoms. The second kappa shape index (κ2) is 25.5. The lowest BCUT2D eigenvalue weighted by molar-refractivity contribution is 0.669. The lowest BCUT2D eigenvalue weighted by Gasteiger charge is -2.15. The zero-order valence-corrected chi connectivity index (χ0v) is 61.2. The van der Waals surface area contributed by atoms with E-state index in [1.165, 1.54) is 35.0 Å². The molecule has 10 nitrogen and oxygen atoms in total. The van der Waals surface area contributed by atoms with E-state index in [-0.39, 0.29) is 0 Å². The summed E-state index contributed by atoms with van der Waals surface area (Å²) in [7, 11) is 0. The first-order valence-electron chi connectivity index (χ1n) is 37.3. The molecule has 0 bridgehead atoms. The van der Waals surface area contributed by atoms with Gasteiger partial charge in [-0.05, 0) is 100 Å². The normalized spacial score (nSPS) is 11.9. The molecule has 520 valence electrons. The third-order valence-corrected chi connectivity index (χ3v) is 24.1. The molecular formula is C100H56N8O2S2. The molecule has 0 saturated carbocycles. The first-order valence-corrected chi connectivity index (χ1v) is 38.9. The summed E-state index contributed by atoms with van der Waals surface area (Å²) in [4.78, 5) is 42.8. The van der Waals surface area contributed by atoms with Gasteiger partial charge in [0.2, 0.25) is 0 Å². The smallest absolute Gasteiger partial charge is 0.166 e. The number of fused-ring (bicyclic) bond motifs is 22. The van der Waals surface area contributed by atoms with Gasteiger partial charge in [-0.2, -0.15) is 0 Å². The molecule has 0 amide bonds. The third kappa shape index (κ3) is 10.3. The van der Waals surface area contributed by atoms with Crippen LogP contribution in [0.4, 0.5) is 0 Å². The van der Waals surface area contributed by atoms with E-state index in [9.17, 15) is 0 Å². The van der Waals surface area contributed by atoms with Crippen LogP contribution in [-0.2, 0) is 0 Å². The van der Waals surface area contributed by atoms with Gasteiger partial charge in [-0.15, -0.1) is 22.7 Å². The van der Waals surface area contributed by atoms with Crippen molar-refractivity contribution in [2.24, 2.45) is 0 Å². The molecule has 16 aromatic carbocycles. The fraction of sp³-hybridized carbons (Fsp3) is 0. The van der Waals surface area contributed by atoms with E-state index >= 15 is 0 Å². The van der Waals surface area contributed by atoms with Crippen molar-refractivity contribution in [1.82, 2.24) is 39.9 Å². The van der Waals surface area contributed by atoms with Gasteiger partial charge in [0.05, 0.1) is 22.4 Å². The SMILES string of the molecule is c1ccc(-c2nc3c(-c4nc(-c5ccc6c(c5)sc5ccccc56)nc(-c5cccc6ccccc56)n4)cccc3c3c2ccc2oc4ccccc4c23)cc1.c1ccc(-c2nc3c(-c4nc(-c5ccc6ccccc6c5)nc(-c5cccc6sc7ccccc7c56)n4)cccc3c3c2ccc2oc4ccccc4c23)cc1. The number of thiophene rings is 2. The van der Waals surface area contributed by atoms with E-state index in [1.54, 1.807) is 22.7 Å². The maximum atomic E-state index is 6.44. The highest BCUT2D eigenvalue weighted by Gasteiger charge is 2.26. The summed E-state index contributed by atoms with van der Waals surface area (Å²) in [6, 6.07) is 118. The Balaban J connectivity index is 0.000000134. The Morgan fingerprint density at radius 2 is 0.589 bits per heavy atom. The minimum atomic E-state index is 0.565. The molecule has 12 heteroatoms. The van der Waals surface area contributed by atoms with Gasteiger partial charge >= 0.3 is 0 Å². The Morgan fingerprint density at radius 3 is 1.21 bits per heavy atom. The minimum absolute atomic E-state index is 0.565. The standard InChI is InChI=1S/2C50H28N4OS/c1-2-13-30(14-3-1)46-38-26-27-41-45(36-18-6-8-22-40(36)55-41)44(38)37-20-11-21-39(47(37)51-46)50-53-48(31-24-25-34-33-17-7-9-23-42(33)56-43(34)28-31)52-49(54-50)35-19-10-15-29-12-4-5-16-32(29)35;1-2-13-30(14-3-1)46-36-26-27-40-45(33-16-6-8-21-39(33)55-40)44(36)35-18-10-20-38(47(35)51-46)50-53-48(32-25-24-29-12-4-5-15-31(29)28-32)52-49(54-50)37-19-11-23-42-43(37)34-17-7-9-22-41(34)56-42/h2*1-28H. The van der Waals surface area contributed by atoms with Crippen LogP contribution in [-0.4, -0.2) is 39.9 Å². The molecule has 8 heterocycles. The number of rotatable bonds is 8. The minimum Gasteiger partial charge on any atom is -0.456 e. The maximum Gasteiger partial charge on any atom is 0.166 e. The van der Waals surface area contributed by atoms with Crippen LogP contribution >= 0.6 is 22.7 Å². The summed E-state index contributed by atoms with van der Waals surface area (Å²) in [5.74, 6) is 3.59. The molecule has 0 unspecified atom stereocenters. The van der Waals surface area contributed by atoms with E-state index in [4.69, 9.17) is 48.7 Å². The van der Waals surface area contributed by atoms with Crippen molar-refractivity contribution in [1.29, 1.82) is 0 Å². The summed E-state index contributed by atoms with van der Waals surface area (Å²) in [6.45, 7) is 0. The van der Waals surface area contributed by atoms with E-state index in [0.717, 1.165) is 170 Å². The number of benzene rings is 16. The largest absolute Gasteiger partial charge is 0.456 e. The van der Waals surface area contributed by atoms with Gasteiger partial charge in [-0.3, -0.25) is 0 Å². The Morgan fingerprint density at radius 1 is 0.188 bits per heavy atom. The lowest BCUT2D eigenvalue weighted by atomic mass is 9.95. The van der Waals surface area contributed by atoms with Gasteiger partial charge in [-0.1, -0.05) is 261 Å². The highest BCUT2D eigenvalue weighted by Crippen LogP contribution is 2.48. The van der Waals surface area contributed by atoms with Crippen molar-refractivity contribution in [3.8, 4) is 90.8 Å². The molecule has 0 radical (unpaired) electrons. The Labute approximate surface area is 646 Å². The van der Waals surface area contributed by atoms with Crippen molar-refractivity contribution in [3.05, 3.63) is 340 Å². The fourth-order valence-corrected chi connectivity index (χ4v) is 19.0. The molecule has 0 aliphatic heterocycles. The van der Waals surface area contributed by atoms with Gasteiger partial charge in [0, 0.05) is 139 Å². The van der Waals surface area contributed by atoms with Crippen molar-refractivity contribution in [3.63, 3.8) is 0 Å². The summed E-state index contributed by atoms with van der Waals surface area (Å²) < 4.78 is 17.7. The van der Waals surface area contributed by atoms with Crippen LogP contribution in [0.1, 0.15) is 0 Å². The Bertz CT molecular complexity index is 8040. The first-order chi connectivity index (χ1) is 55.5. The number of furan rings is 2. The molecule has 24 aromatic rings. The molecule has 0 N–H and O–H groups in total. The quantitative estimate of drug-likeness (QED) is 0.136. The number of hydrogen-bond donors (Lipinski definition) is 0. The maximum absolute atomic E-state index is 6.44. The van der Waals surface area contributed by atoms with Crippen LogP contribution < -0.4 is 0 Å². The number of pyridine rings is 2. The van der Waals surface area contributed by atoms with Gasteiger partial charge in [-0.25, -0.2) is 39.9 Å². The molecule has 24 rings (SSSR count). The van der Waals surface area contributed by atoms with Crippen molar-refractivity contribution in [2.75, 3.05) is 0 Å². The molecule has 0 fully saturated rings. The van der Waals surface area contributed by atoms with Crippen LogP contribution in [0.25, 0.3) is 240 Å². The molecule has 0 spiro atoms. The van der Waals surface area contributed by atoms with Gasteiger partial charge in [0.15, 0.2) is 34.9 Å². The first kappa shape index (κ1) is 63.5. The van der Waals surface area contributed by atoms with Crippen LogP contribution in [0.15, 0.2) is 349 Å². The Hall–Kier alpha value is -14.6. The van der Waals surface area contributed by atoms with Gasteiger partial charge < -0.3 is 8.83 Å². The summed E-state index contributed by atoms with van der Waals surface area (Å²) in [5.41, 5.74) is 14.3. The fourth-order valence-electron chi connectivity index (χ4n) is 16.7. The molecule has 0 aliphatic carbocycles. The number of aromatic nitrogens is 8. The second-order valence-electron chi connectivity index (χ2n) is 28.3. The third-order valence-electron chi connectivity index (χ3n) is 21.8. The zero-order valence-electron chi connectivity index (χ0n) is 59.5. The summed E-state index contributed by atoms with van der Waals surface area (Å²) >= 11 is 3.58. The van der Waals surface area contributed by atoms with Crippen molar-refractivity contribution < 1.29 is 8.83 Å². The van der Waals surface area contributed by atoms with E-state index in [1.807, 2.05) is 36.4 Å². The average Bonchev–Trinajstić information content (AvgIpc) is 1.41. The van der Waals surface area contributed by atoms with Crippen LogP contribution in [0, 0.1) is 0 Å². The highest BCUT2D eigenvalue weighted by molar-refractivity contribution is 7.26. The summed E-state index contributed by atoms with van der Waals surface area (Å²) in [6.07, 6.45) is 0. The monoisotopic (exact) mass is 1460 g/mol. The van der Waals surface area contributed by atoms with E-state index in [2.05, 4.69) is 303 Å². The number of nitrogens with zero attached hydrogens (tertiary/aromatic N) is 8. The molecule has 0 aliphatic rings. The highest BCUT2D eigenvalue weighted by atomic mass is 32.1. The molecule has 0 atom stereocenters. The number of hydrogen-bond acceptors (Lipinski definition) is 12. The molecular weight excluding hydrogens is 1410 g/mol. The number of para-hydroxylation sites is 4. The average molecular weight is 1470 g/mol. The Kier molecular flexibility index (Phi) is 14.5. The van der Waals surface area contributed by atoms with Crippen molar-refractivity contribution >= 4 is 172 Å². The van der Waals surface area contributed by atoms with Gasteiger partial charge in [0.25, 0.3) is 0 Å². The predicted octanol–water partition coefficient (Wildman–Crippen LogP) is 27.3.